The number of nitrogens with one attached hydrogen (secondary N) is 1. The van der Waals surface area contributed by atoms with Gasteiger partial charge in [0.05, 0.1) is 29.6 Å². The van der Waals surface area contributed by atoms with Gasteiger partial charge < -0.3 is 5.32 Å². The van der Waals surface area contributed by atoms with E-state index in [-0.39, 0.29) is 18.1 Å². The third kappa shape index (κ3) is 4.36. The lowest BCUT2D eigenvalue weighted by Gasteiger charge is -2.09. The van der Waals surface area contributed by atoms with Crippen molar-refractivity contribution < 1.29 is 4.79 Å². The van der Waals surface area contributed by atoms with E-state index in [0.717, 1.165) is 22.5 Å². The molecule has 1 N–H and O–H groups in total. The molecule has 2 aromatic heterocycles. The zero-order valence-electron chi connectivity index (χ0n) is 15.5. The van der Waals surface area contributed by atoms with Crippen molar-refractivity contribution in [2.75, 3.05) is 5.32 Å². The second kappa shape index (κ2) is 7.79. The number of ketones is 1. The molecule has 0 saturated heterocycles. The Kier molecular flexibility index (Phi) is 5.27. The van der Waals surface area contributed by atoms with Crippen molar-refractivity contribution in [3.8, 4) is 17.3 Å². The average molecular weight is 360 g/mol. The molecule has 0 amide bonds. The molecule has 3 aromatic rings. The highest BCUT2D eigenvalue weighted by atomic mass is 16.1. The number of nitriles is 1. The van der Waals surface area contributed by atoms with Crippen LogP contribution in [0.5, 0.6) is 0 Å². The lowest BCUT2D eigenvalue weighted by molar-refractivity contribution is 0.0973. The van der Waals surface area contributed by atoms with E-state index >= 15 is 0 Å². The van der Waals surface area contributed by atoms with E-state index in [4.69, 9.17) is 5.26 Å². The highest BCUT2D eigenvalue weighted by Crippen LogP contribution is 2.24. The van der Waals surface area contributed by atoms with Crippen molar-refractivity contribution in [2.45, 2.75) is 20.3 Å². The zero-order valence-corrected chi connectivity index (χ0v) is 15.5. The number of hydrogen-bond donors (Lipinski definition) is 1. The van der Waals surface area contributed by atoms with Crippen molar-refractivity contribution in [3.05, 3.63) is 54.0 Å². The summed E-state index contributed by atoms with van der Waals surface area (Å²) in [4.78, 5) is 21.1. The maximum Gasteiger partial charge on any atom is 0.227 e. The molecule has 1 atom stereocenters. The van der Waals surface area contributed by atoms with Gasteiger partial charge in [-0.1, -0.05) is 24.3 Å². The maximum absolute atomic E-state index is 12.2. The van der Waals surface area contributed by atoms with Crippen LogP contribution in [0.1, 0.15) is 29.3 Å². The van der Waals surface area contributed by atoms with Crippen molar-refractivity contribution >= 4 is 17.4 Å². The molecule has 0 unspecified atom stereocenters. The third-order valence-corrected chi connectivity index (χ3v) is 4.13. The molecular formula is C20H20N6O. The van der Waals surface area contributed by atoms with Crippen LogP contribution in [0.3, 0.4) is 0 Å². The van der Waals surface area contributed by atoms with Gasteiger partial charge in [-0.05, 0) is 19.4 Å². The molecular weight excluding hydrogens is 340 g/mol. The molecule has 0 aliphatic carbocycles. The zero-order chi connectivity index (χ0) is 19.4. The predicted molar refractivity (Wildman–Crippen MR) is 102 cm³/mol. The van der Waals surface area contributed by atoms with E-state index in [0.29, 0.717) is 11.5 Å². The first-order valence-electron chi connectivity index (χ1n) is 8.59. The topological polar surface area (TPSA) is 96.5 Å². The van der Waals surface area contributed by atoms with Crippen molar-refractivity contribution in [1.29, 1.82) is 5.26 Å². The van der Waals surface area contributed by atoms with Gasteiger partial charge >= 0.3 is 0 Å². The van der Waals surface area contributed by atoms with Crippen LogP contribution in [0.2, 0.25) is 0 Å². The van der Waals surface area contributed by atoms with E-state index in [9.17, 15) is 4.79 Å². The summed E-state index contributed by atoms with van der Waals surface area (Å²) in [5.74, 6) is 0.155. The molecule has 1 aromatic carbocycles. The van der Waals surface area contributed by atoms with E-state index in [2.05, 4.69) is 26.5 Å². The number of rotatable bonds is 6. The summed E-state index contributed by atoms with van der Waals surface area (Å²) < 4.78 is 1.69. The Balaban J connectivity index is 1.82. The number of nitrogens with zero attached hydrogens (tertiary/aromatic N) is 5. The van der Waals surface area contributed by atoms with E-state index in [1.165, 1.54) is 0 Å². The minimum absolute atomic E-state index is 0.0334. The van der Waals surface area contributed by atoms with Crippen molar-refractivity contribution in [2.24, 2.45) is 13.0 Å². The van der Waals surface area contributed by atoms with Gasteiger partial charge in [0.2, 0.25) is 5.95 Å². The fourth-order valence-electron chi connectivity index (χ4n) is 2.66. The number of Topliss-reactive ketones (excluding diaryl/α,β-unsaturated/α-hetero) is 1. The number of anilines is 2. The quantitative estimate of drug-likeness (QED) is 0.674. The van der Waals surface area contributed by atoms with Crippen LogP contribution in [-0.4, -0.2) is 25.5 Å². The summed E-state index contributed by atoms with van der Waals surface area (Å²) in [5, 5.41) is 16.1. The van der Waals surface area contributed by atoms with Gasteiger partial charge in [-0.25, -0.2) is 9.97 Å². The van der Waals surface area contributed by atoms with Gasteiger partial charge in [-0.3, -0.25) is 9.48 Å². The van der Waals surface area contributed by atoms with Crippen LogP contribution in [0, 0.1) is 24.2 Å². The van der Waals surface area contributed by atoms with Crippen LogP contribution in [-0.2, 0) is 7.05 Å². The first-order valence-corrected chi connectivity index (χ1v) is 8.59. The smallest absolute Gasteiger partial charge is 0.227 e. The van der Waals surface area contributed by atoms with Crippen molar-refractivity contribution in [3.63, 3.8) is 0 Å². The first kappa shape index (κ1) is 18.3. The maximum atomic E-state index is 12.2. The molecule has 7 nitrogen and oxygen atoms in total. The second-order valence-electron chi connectivity index (χ2n) is 6.49. The fraction of sp³-hybridized carbons (Fsp3) is 0.250. The molecule has 0 spiro atoms. The standard InChI is InChI=1S/C20H20N6O/c1-13(9-21)8-18(27)15-4-6-16(7-5-15)19-14(2)10-22-20(25-19)24-17-11-23-26(3)12-17/h4-7,10-13H,8H2,1-3H3,(H,22,24,25)/t13-/m0/s1. The highest BCUT2D eigenvalue weighted by molar-refractivity contribution is 5.96. The van der Waals surface area contributed by atoms with Crippen molar-refractivity contribution in [1.82, 2.24) is 19.7 Å². The summed E-state index contributed by atoms with van der Waals surface area (Å²) in [5.41, 5.74) is 4.03. The first-order chi connectivity index (χ1) is 13.0. The van der Waals surface area contributed by atoms with Gasteiger partial charge in [0.1, 0.15) is 0 Å². The molecule has 136 valence electrons. The monoisotopic (exact) mass is 360 g/mol. The summed E-state index contributed by atoms with van der Waals surface area (Å²) in [6, 6.07) is 9.37. The van der Waals surface area contributed by atoms with Gasteiger partial charge in [-0.15, -0.1) is 0 Å². The fourth-order valence-corrected chi connectivity index (χ4v) is 2.66. The minimum atomic E-state index is -0.289. The normalized spacial score (nSPS) is 11.6. The largest absolute Gasteiger partial charge is 0.321 e. The van der Waals surface area contributed by atoms with Crippen LogP contribution < -0.4 is 5.32 Å². The summed E-state index contributed by atoms with van der Waals surface area (Å²) in [6.45, 7) is 3.68. The predicted octanol–water partition coefficient (Wildman–Crippen LogP) is 3.66. The average Bonchev–Trinajstić information content (AvgIpc) is 3.08. The molecule has 0 aliphatic heterocycles. The Bertz CT molecular complexity index is 1000. The number of carbonyl (C=O) groups excluding carboxylic acids is 1. The highest BCUT2D eigenvalue weighted by Gasteiger charge is 2.12. The number of hydrogen-bond acceptors (Lipinski definition) is 6. The van der Waals surface area contributed by atoms with Gasteiger partial charge in [-0.2, -0.15) is 10.4 Å². The number of benzene rings is 1. The van der Waals surface area contributed by atoms with Crippen LogP contribution >= 0.6 is 0 Å². The molecule has 0 saturated carbocycles. The molecule has 0 fully saturated rings. The van der Waals surface area contributed by atoms with Crippen LogP contribution in [0.4, 0.5) is 11.6 Å². The lowest BCUT2D eigenvalue weighted by atomic mass is 9.99. The SMILES string of the molecule is Cc1cnc(Nc2cnn(C)c2)nc1-c1ccc(C(=O)C[C@H](C)C#N)cc1. The van der Waals surface area contributed by atoms with Gasteiger partial charge in [0.15, 0.2) is 5.78 Å². The Morgan fingerprint density at radius 3 is 2.67 bits per heavy atom. The second-order valence-corrected chi connectivity index (χ2v) is 6.49. The summed E-state index contributed by atoms with van der Waals surface area (Å²) in [7, 11) is 1.84. The molecule has 0 aliphatic rings. The molecule has 2 heterocycles. The minimum Gasteiger partial charge on any atom is -0.321 e. The molecule has 0 radical (unpaired) electrons. The van der Waals surface area contributed by atoms with E-state index < -0.39 is 0 Å². The number of aryl methyl sites for hydroxylation is 2. The molecule has 3 rings (SSSR count). The lowest BCUT2D eigenvalue weighted by Crippen LogP contribution is -2.04. The summed E-state index contributed by atoms with van der Waals surface area (Å²) >= 11 is 0. The Morgan fingerprint density at radius 1 is 1.30 bits per heavy atom. The summed E-state index contributed by atoms with van der Waals surface area (Å²) in [6.07, 6.45) is 5.52. The van der Waals surface area contributed by atoms with E-state index in [1.807, 2.05) is 32.3 Å². The number of carbonyl (C=O) groups is 1. The van der Waals surface area contributed by atoms with Crippen LogP contribution in [0.25, 0.3) is 11.3 Å². The van der Waals surface area contributed by atoms with Crippen LogP contribution in [0.15, 0.2) is 42.9 Å². The van der Waals surface area contributed by atoms with Gasteiger partial charge in [0, 0.05) is 37.0 Å². The molecule has 0 bridgehead atoms. The Morgan fingerprint density at radius 2 is 2.04 bits per heavy atom. The molecule has 7 heteroatoms. The van der Waals surface area contributed by atoms with E-state index in [1.54, 1.807) is 36.1 Å². The Labute approximate surface area is 157 Å². The Hall–Kier alpha value is -3.53. The third-order valence-electron chi connectivity index (χ3n) is 4.13. The number of aromatic nitrogens is 4. The van der Waals surface area contributed by atoms with Gasteiger partial charge in [0.25, 0.3) is 0 Å². The molecule has 27 heavy (non-hydrogen) atoms.